The second-order valence-electron chi connectivity index (χ2n) is 6.63. The van der Waals surface area contributed by atoms with Crippen LogP contribution in [0.15, 0.2) is 0 Å². The second kappa shape index (κ2) is 7.57. The smallest absolute Gasteiger partial charge is 0.289 e. The molecule has 1 atom stereocenters. The van der Waals surface area contributed by atoms with Crippen LogP contribution in [0, 0.1) is 13.8 Å². The number of aryl methyl sites for hydroxylation is 1. The lowest BCUT2D eigenvalue weighted by molar-refractivity contribution is -0.0462. The van der Waals surface area contributed by atoms with Gasteiger partial charge in [-0.15, -0.1) is 0 Å². The lowest BCUT2D eigenvalue weighted by Crippen LogP contribution is -2.40. The van der Waals surface area contributed by atoms with Crippen molar-refractivity contribution in [2.24, 2.45) is 0 Å². The minimum Gasteiger partial charge on any atom is -0.390 e. The first-order chi connectivity index (χ1) is 11.6. The van der Waals surface area contributed by atoms with E-state index in [-0.39, 0.29) is 5.82 Å². The fourth-order valence-electron chi connectivity index (χ4n) is 2.72. The van der Waals surface area contributed by atoms with Gasteiger partial charge >= 0.3 is 0 Å². The number of nitrogens with one attached hydrogen (secondary N) is 1. The van der Waals surface area contributed by atoms with E-state index in [1.165, 1.54) is 0 Å². The molecule has 1 amide bonds. The topological polar surface area (TPSA) is 81.6 Å². The molecule has 2 heterocycles. The molecule has 25 heavy (non-hydrogen) atoms. The van der Waals surface area contributed by atoms with Crippen LogP contribution in [0.1, 0.15) is 28.3 Å². The largest absolute Gasteiger partial charge is 0.390 e. The molecule has 9 heteroatoms. The van der Waals surface area contributed by atoms with E-state index in [2.05, 4.69) is 25.1 Å². The Bertz CT molecular complexity index is 639. The highest BCUT2D eigenvalue weighted by atomic mass is 19.3. The molecular weight excluding hydrogens is 332 g/mol. The summed E-state index contributed by atoms with van der Waals surface area (Å²) in [5.74, 6) is -3.62. The number of amides is 1. The minimum absolute atomic E-state index is 0.139. The molecular formula is C16H25F2N5O2. The maximum absolute atomic E-state index is 13.1. The van der Waals surface area contributed by atoms with Crippen LogP contribution >= 0.6 is 0 Å². The summed E-state index contributed by atoms with van der Waals surface area (Å²) in [5, 5.41) is 10.7. The van der Waals surface area contributed by atoms with Crippen LogP contribution < -0.4 is 10.2 Å². The normalized spacial score (nSPS) is 18.1. The second-order valence-corrected chi connectivity index (χ2v) is 6.63. The zero-order valence-electron chi connectivity index (χ0n) is 15.0. The van der Waals surface area contributed by atoms with Gasteiger partial charge in [0.25, 0.3) is 11.8 Å². The van der Waals surface area contributed by atoms with Crippen LogP contribution in [-0.4, -0.2) is 78.2 Å². The van der Waals surface area contributed by atoms with Crippen LogP contribution in [0.25, 0.3) is 0 Å². The third-order valence-corrected chi connectivity index (χ3v) is 4.50. The van der Waals surface area contributed by atoms with E-state index in [1.54, 1.807) is 6.92 Å². The molecule has 1 aromatic rings. The number of rotatable bonds is 6. The predicted octanol–water partition coefficient (Wildman–Crippen LogP) is 0.591. The van der Waals surface area contributed by atoms with Gasteiger partial charge in [-0.2, -0.15) is 0 Å². The van der Waals surface area contributed by atoms with Crippen molar-refractivity contribution in [2.45, 2.75) is 32.2 Å². The summed E-state index contributed by atoms with van der Waals surface area (Å²) in [6, 6.07) is 0.398. The van der Waals surface area contributed by atoms with Crippen LogP contribution in [-0.2, 0) is 0 Å². The third kappa shape index (κ3) is 4.60. The van der Waals surface area contributed by atoms with Crippen molar-refractivity contribution in [3.63, 3.8) is 0 Å². The molecule has 0 saturated carbocycles. The highest BCUT2D eigenvalue weighted by Gasteiger charge is 2.30. The number of alkyl halides is 2. The number of hydrogen-bond acceptors (Lipinski definition) is 6. The Labute approximate surface area is 146 Å². The molecule has 0 spiro atoms. The molecule has 2 rings (SSSR count). The number of aliphatic hydroxyl groups excluding tert-OH is 1. The molecule has 0 radical (unpaired) electrons. The Morgan fingerprint density at radius 2 is 2.08 bits per heavy atom. The van der Waals surface area contributed by atoms with E-state index >= 15 is 0 Å². The van der Waals surface area contributed by atoms with Gasteiger partial charge in [-0.05, 0) is 34.4 Å². The first-order valence-electron chi connectivity index (χ1n) is 8.18. The summed E-state index contributed by atoms with van der Waals surface area (Å²) in [6.07, 6.45) is 0.986. The van der Waals surface area contributed by atoms with E-state index in [9.17, 15) is 13.6 Å². The van der Waals surface area contributed by atoms with Gasteiger partial charge in [-0.25, -0.2) is 18.7 Å². The molecule has 0 aliphatic carbocycles. The van der Waals surface area contributed by atoms with Gasteiger partial charge < -0.3 is 20.2 Å². The third-order valence-electron chi connectivity index (χ3n) is 4.50. The Hall–Kier alpha value is -1.87. The molecule has 1 aliphatic rings. The van der Waals surface area contributed by atoms with Crippen LogP contribution in [0.5, 0.6) is 0 Å². The van der Waals surface area contributed by atoms with Gasteiger partial charge in [0.15, 0.2) is 0 Å². The Balaban J connectivity index is 2.19. The molecule has 1 aliphatic heterocycles. The molecule has 0 unspecified atom stereocenters. The van der Waals surface area contributed by atoms with Crippen molar-refractivity contribution >= 4 is 11.7 Å². The average molecular weight is 357 g/mol. The minimum atomic E-state index is -3.37. The van der Waals surface area contributed by atoms with Gasteiger partial charge in [0.1, 0.15) is 12.4 Å². The van der Waals surface area contributed by atoms with Crippen molar-refractivity contribution in [3.05, 3.63) is 17.1 Å². The van der Waals surface area contributed by atoms with Crippen molar-refractivity contribution in [1.82, 2.24) is 20.2 Å². The van der Waals surface area contributed by atoms with E-state index in [1.807, 2.05) is 21.0 Å². The molecule has 2 N–H and O–H groups in total. The van der Waals surface area contributed by atoms with Crippen LogP contribution in [0.4, 0.5) is 14.6 Å². The molecule has 140 valence electrons. The molecule has 0 bridgehead atoms. The number of aliphatic hydroxyl groups is 1. The van der Waals surface area contributed by atoms with Gasteiger partial charge in [-0.3, -0.25) is 4.79 Å². The monoisotopic (exact) mass is 357 g/mol. The van der Waals surface area contributed by atoms with E-state index in [4.69, 9.17) is 5.11 Å². The number of halogens is 2. The zero-order chi connectivity index (χ0) is 18.8. The first kappa shape index (κ1) is 19.5. The summed E-state index contributed by atoms with van der Waals surface area (Å²) in [5.41, 5.74) is 1.51. The molecule has 1 aromatic heterocycles. The molecule has 7 nitrogen and oxygen atoms in total. The maximum Gasteiger partial charge on any atom is 0.289 e. The van der Waals surface area contributed by atoms with Crippen molar-refractivity contribution < 1.29 is 18.7 Å². The molecule has 0 aromatic carbocycles. The predicted molar refractivity (Wildman–Crippen MR) is 90.2 cm³/mol. The summed E-state index contributed by atoms with van der Waals surface area (Å²) >= 11 is 0. The number of anilines is 1. The van der Waals surface area contributed by atoms with E-state index in [0.717, 1.165) is 25.1 Å². The first-order valence-corrected chi connectivity index (χ1v) is 8.18. The number of hydrogen-bond donors (Lipinski definition) is 2. The summed E-state index contributed by atoms with van der Waals surface area (Å²) in [4.78, 5) is 24.8. The van der Waals surface area contributed by atoms with Crippen molar-refractivity contribution in [3.8, 4) is 0 Å². The summed E-state index contributed by atoms with van der Waals surface area (Å²) < 4.78 is 26.2. The van der Waals surface area contributed by atoms with Gasteiger partial charge in [-0.1, -0.05) is 0 Å². The highest BCUT2D eigenvalue weighted by Crippen LogP contribution is 2.25. The molecule has 1 saturated heterocycles. The highest BCUT2D eigenvalue weighted by molar-refractivity contribution is 5.91. The molecule has 1 fully saturated rings. The maximum atomic E-state index is 13.1. The SMILES string of the molecule is Cc1nc(C(=O)NCC(F)(F)CO)nc(N2CC[C@@H](N(C)C)C2)c1C. The summed E-state index contributed by atoms with van der Waals surface area (Å²) in [6.45, 7) is 2.96. The zero-order valence-corrected chi connectivity index (χ0v) is 15.0. The Morgan fingerprint density at radius 1 is 1.40 bits per heavy atom. The fourth-order valence-corrected chi connectivity index (χ4v) is 2.72. The van der Waals surface area contributed by atoms with Crippen molar-refractivity contribution in [1.29, 1.82) is 0 Å². The standard InChI is InChI=1S/C16H25F2N5O2/c1-10-11(2)20-13(15(25)19-8-16(17,18)9-24)21-14(10)23-6-5-12(7-23)22(3)4/h12,24H,5-9H2,1-4H3,(H,19,25)/t12-/m1/s1. The van der Waals surface area contributed by atoms with Gasteiger partial charge in [0, 0.05) is 30.4 Å². The van der Waals surface area contributed by atoms with Crippen LogP contribution in [0.3, 0.4) is 0 Å². The lowest BCUT2D eigenvalue weighted by atomic mass is 10.2. The van der Waals surface area contributed by atoms with E-state index in [0.29, 0.717) is 17.6 Å². The lowest BCUT2D eigenvalue weighted by Gasteiger charge is -2.23. The average Bonchev–Trinajstić information content (AvgIpc) is 3.05. The number of likely N-dealkylation sites (N-methyl/N-ethyl adjacent to an activating group) is 1. The quantitative estimate of drug-likeness (QED) is 0.776. The van der Waals surface area contributed by atoms with Gasteiger partial charge in [0.05, 0.1) is 6.54 Å². The number of carbonyl (C=O) groups is 1. The Kier molecular flexibility index (Phi) is 5.89. The Morgan fingerprint density at radius 3 is 2.64 bits per heavy atom. The number of aromatic nitrogens is 2. The number of carbonyl (C=O) groups excluding carboxylic acids is 1. The summed E-state index contributed by atoms with van der Waals surface area (Å²) in [7, 11) is 4.04. The van der Waals surface area contributed by atoms with Crippen molar-refractivity contribution in [2.75, 3.05) is 45.2 Å². The van der Waals surface area contributed by atoms with Gasteiger partial charge in [0.2, 0.25) is 5.82 Å². The number of nitrogens with zero attached hydrogens (tertiary/aromatic N) is 4. The van der Waals surface area contributed by atoms with E-state index < -0.39 is 25.0 Å². The fraction of sp³-hybridized carbons (Fsp3) is 0.688. The van der Waals surface area contributed by atoms with Crippen LogP contribution in [0.2, 0.25) is 0 Å².